The average Bonchev–Trinajstić information content (AvgIpc) is 2.89. The van der Waals surface area contributed by atoms with Gasteiger partial charge in [0.15, 0.2) is 0 Å². The monoisotopic (exact) mass is 277 g/mol. The zero-order chi connectivity index (χ0) is 13.1. The normalized spacial score (nSPS) is 16.7. The number of rotatable bonds is 3. The molecule has 1 N–H and O–H groups in total. The highest BCUT2D eigenvalue weighted by Crippen LogP contribution is 2.23. The molecule has 1 fully saturated rings. The lowest BCUT2D eigenvalue weighted by Crippen LogP contribution is -2.42. The molecule has 1 aromatic carbocycles. The molecule has 1 saturated heterocycles. The van der Waals surface area contributed by atoms with Gasteiger partial charge in [-0.05, 0) is 24.3 Å². The lowest BCUT2D eigenvalue weighted by molar-refractivity contribution is 0.233. The van der Waals surface area contributed by atoms with E-state index in [4.69, 9.17) is 0 Å². The van der Waals surface area contributed by atoms with Crippen LogP contribution >= 0.6 is 11.3 Å². The minimum absolute atomic E-state index is 0.208. The smallest absolute Gasteiger partial charge is 0.123 e. The van der Waals surface area contributed by atoms with E-state index in [1.807, 2.05) is 5.38 Å². The molecule has 0 spiro atoms. The Labute approximate surface area is 116 Å². The van der Waals surface area contributed by atoms with Crippen LogP contribution in [0.1, 0.15) is 5.01 Å². The number of nitrogens with zero attached hydrogens (tertiary/aromatic N) is 2. The molecule has 2 aromatic rings. The van der Waals surface area contributed by atoms with Crippen molar-refractivity contribution in [1.29, 1.82) is 0 Å². The maximum Gasteiger partial charge on any atom is 0.123 e. The Kier molecular flexibility index (Phi) is 3.87. The summed E-state index contributed by atoms with van der Waals surface area (Å²) in [7, 11) is 0. The van der Waals surface area contributed by atoms with E-state index >= 15 is 0 Å². The molecule has 0 amide bonds. The van der Waals surface area contributed by atoms with Crippen molar-refractivity contribution in [2.75, 3.05) is 26.2 Å². The van der Waals surface area contributed by atoms with Gasteiger partial charge in [0.05, 0.1) is 12.2 Å². The van der Waals surface area contributed by atoms with E-state index in [0.717, 1.165) is 49.0 Å². The molecule has 0 radical (unpaired) electrons. The van der Waals surface area contributed by atoms with Crippen molar-refractivity contribution in [2.45, 2.75) is 6.54 Å². The third kappa shape index (κ3) is 3.18. The molecule has 0 saturated carbocycles. The molecular formula is C14H16FN3S. The maximum atomic E-state index is 12.9. The highest BCUT2D eigenvalue weighted by molar-refractivity contribution is 7.09. The fourth-order valence-corrected chi connectivity index (χ4v) is 3.04. The van der Waals surface area contributed by atoms with Gasteiger partial charge < -0.3 is 5.32 Å². The number of halogens is 1. The molecule has 2 heterocycles. The predicted octanol–water partition coefficient (Wildman–Crippen LogP) is 2.35. The van der Waals surface area contributed by atoms with Crippen LogP contribution in [0.25, 0.3) is 11.3 Å². The molecule has 0 aliphatic carbocycles. The number of hydrogen-bond donors (Lipinski definition) is 1. The first-order valence-corrected chi connectivity index (χ1v) is 7.33. The second-order valence-electron chi connectivity index (χ2n) is 4.66. The van der Waals surface area contributed by atoms with Crippen LogP contribution < -0.4 is 5.32 Å². The van der Waals surface area contributed by atoms with E-state index in [1.54, 1.807) is 23.5 Å². The number of benzene rings is 1. The Morgan fingerprint density at radius 1 is 1.21 bits per heavy atom. The average molecular weight is 277 g/mol. The SMILES string of the molecule is Fc1ccc(-c2csc(CN3CCNCC3)n2)cc1. The van der Waals surface area contributed by atoms with Gasteiger partial charge in [0.25, 0.3) is 0 Å². The molecular weight excluding hydrogens is 261 g/mol. The molecule has 19 heavy (non-hydrogen) atoms. The third-order valence-electron chi connectivity index (χ3n) is 3.26. The first-order valence-electron chi connectivity index (χ1n) is 6.45. The summed E-state index contributed by atoms with van der Waals surface area (Å²) in [6.45, 7) is 5.16. The largest absolute Gasteiger partial charge is 0.314 e. The summed E-state index contributed by atoms with van der Waals surface area (Å²) in [6, 6.07) is 6.51. The number of hydrogen-bond acceptors (Lipinski definition) is 4. The Hall–Kier alpha value is -1.30. The zero-order valence-electron chi connectivity index (χ0n) is 10.6. The predicted molar refractivity (Wildman–Crippen MR) is 75.7 cm³/mol. The highest BCUT2D eigenvalue weighted by Gasteiger charge is 2.12. The standard InChI is InChI=1S/C14H16FN3S/c15-12-3-1-11(2-4-12)13-10-19-14(17-13)9-18-7-5-16-6-8-18/h1-4,10,16H,5-9H2. The van der Waals surface area contributed by atoms with E-state index < -0.39 is 0 Å². The van der Waals surface area contributed by atoms with Crippen molar-refractivity contribution in [2.24, 2.45) is 0 Å². The van der Waals surface area contributed by atoms with Crippen LogP contribution in [0.2, 0.25) is 0 Å². The topological polar surface area (TPSA) is 28.2 Å². The van der Waals surface area contributed by atoms with Gasteiger partial charge in [0.2, 0.25) is 0 Å². The lowest BCUT2D eigenvalue weighted by Gasteiger charge is -2.26. The summed E-state index contributed by atoms with van der Waals surface area (Å²) in [5, 5.41) is 6.52. The minimum atomic E-state index is -0.208. The van der Waals surface area contributed by atoms with Crippen molar-refractivity contribution in [3.05, 3.63) is 40.5 Å². The third-order valence-corrected chi connectivity index (χ3v) is 4.09. The molecule has 1 aromatic heterocycles. The van der Waals surface area contributed by atoms with Gasteiger partial charge in [-0.15, -0.1) is 11.3 Å². The Balaban J connectivity index is 1.70. The van der Waals surface area contributed by atoms with Gasteiger partial charge in [-0.1, -0.05) is 0 Å². The number of nitrogens with one attached hydrogen (secondary N) is 1. The highest BCUT2D eigenvalue weighted by atomic mass is 32.1. The lowest BCUT2D eigenvalue weighted by atomic mass is 10.2. The Morgan fingerprint density at radius 2 is 1.95 bits per heavy atom. The molecule has 3 nitrogen and oxygen atoms in total. The van der Waals surface area contributed by atoms with Crippen molar-refractivity contribution >= 4 is 11.3 Å². The molecule has 0 bridgehead atoms. The zero-order valence-corrected chi connectivity index (χ0v) is 11.4. The first-order chi connectivity index (χ1) is 9.31. The van der Waals surface area contributed by atoms with Crippen LogP contribution in [-0.2, 0) is 6.54 Å². The first kappa shape index (κ1) is 12.7. The van der Waals surface area contributed by atoms with E-state index in [2.05, 4.69) is 15.2 Å². The van der Waals surface area contributed by atoms with E-state index in [9.17, 15) is 4.39 Å². The van der Waals surface area contributed by atoms with Crippen molar-refractivity contribution < 1.29 is 4.39 Å². The van der Waals surface area contributed by atoms with Gasteiger partial charge in [0.1, 0.15) is 10.8 Å². The molecule has 0 atom stereocenters. The van der Waals surface area contributed by atoms with Gasteiger partial charge in [0, 0.05) is 37.1 Å². The summed E-state index contributed by atoms with van der Waals surface area (Å²) in [5.74, 6) is -0.208. The quantitative estimate of drug-likeness (QED) is 0.933. The summed E-state index contributed by atoms with van der Waals surface area (Å²) < 4.78 is 12.9. The minimum Gasteiger partial charge on any atom is -0.314 e. The second-order valence-corrected chi connectivity index (χ2v) is 5.60. The maximum absolute atomic E-state index is 12.9. The Morgan fingerprint density at radius 3 is 2.68 bits per heavy atom. The number of piperazine rings is 1. The summed E-state index contributed by atoms with van der Waals surface area (Å²) in [4.78, 5) is 7.04. The van der Waals surface area contributed by atoms with E-state index in [-0.39, 0.29) is 5.82 Å². The van der Waals surface area contributed by atoms with Crippen LogP contribution in [0, 0.1) is 5.82 Å². The fraction of sp³-hybridized carbons (Fsp3) is 0.357. The van der Waals surface area contributed by atoms with Crippen LogP contribution in [-0.4, -0.2) is 36.1 Å². The molecule has 1 aliphatic heterocycles. The molecule has 3 rings (SSSR count). The summed E-state index contributed by atoms with van der Waals surface area (Å²) >= 11 is 1.68. The van der Waals surface area contributed by atoms with Crippen molar-refractivity contribution in [3.8, 4) is 11.3 Å². The summed E-state index contributed by atoms with van der Waals surface area (Å²) in [5.41, 5.74) is 1.92. The summed E-state index contributed by atoms with van der Waals surface area (Å²) in [6.07, 6.45) is 0. The van der Waals surface area contributed by atoms with Gasteiger partial charge in [-0.2, -0.15) is 0 Å². The van der Waals surface area contributed by atoms with E-state index in [0.29, 0.717) is 0 Å². The Bertz CT molecular complexity index is 532. The fourth-order valence-electron chi connectivity index (χ4n) is 2.20. The second kappa shape index (κ2) is 5.77. The van der Waals surface area contributed by atoms with Crippen molar-refractivity contribution in [3.63, 3.8) is 0 Å². The van der Waals surface area contributed by atoms with Gasteiger partial charge in [-0.25, -0.2) is 9.37 Å². The van der Waals surface area contributed by atoms with Crippen LogP contribution in [0.3, 0.4) is 0 Å². The molecule has 0 unspecified atom stereocenters. The van der Waals surface area contributed by atoms with Crippen LogP contribution in [0.4, 0.5) is 4.39 Å². The molecule has 5 heteroatoms. The van der Waals surface area contributed by atoms with E-state index in [1.165, 1.54) is 12.1 Å². The number of thiazole rings is 1. The van der Waals surface area contributed by atoms with Crippen LogP contribution in [0.5, 0.6) is 0 Å². The van der Waals surface area contributed by atoms with Crippen LogP contribution in [0.15, 0.2) is 29.6 Å². The molecule has 1 aliphatic rings. The van der Waals surface area contributed by atoms with Crippen molar-refractivity contribution in [1.82, 2.24) is 15.2 Å². The number of aromatic nitrogens is 1. The van der Waals surface area contributed by atoms with Gasteiger partial charge in [-0.3, -0.25) is 4.90 Å². The molecule has 100 valence electrons. The van der Waals surface area contributed by atoms with Gasteiger partial charge >= 0.3 is 0 Å².